The van der Waals surface area contributed by atoms with Gasteiger partial charge < -0.3 is 14.2 Å². The van der Waals surface area contributed by atoms with Crippen LogP contribution in [0, 0.1) is 0 Å². The van der Waals surface area contributed by atoms with Gasteiger partial charge in [-0.05, 0) is 31.4 Å². The van der Waals surface area contributed by atoms with E-state index in [0.29, 0.717) is 11.5 Å². The molecule has 1 unspecified atom stereocenters. The van der Waals surface area contributed by atoms with Crippen LogP contribution in [0.1, 0.15) is 33.6 Å². The molecule has 1 aromatic heterocycles. The number of pyridine rings is 1. The molecule has 0 radical (unpaired) electrons. The third kappa shape index (κ3) is 4.45. The smallest absolute Gasteiger partial charge is 0.179 e. The molecule has 0 spiro atoms. The van der Waals surface area contributed by atoms with Gasteiger partial charge in [0.2, 0.25) is 0 Å². The van der Waals surface area contributed by atoms with Crippen molar-refractivity contribution >= 4 is 0 Å². The molecule has 1 atom stereocenters. The highest BCUT2D eigenvalue weighted by Gasteiger charge is 2.26. The van der Waals surface area contributed by atoms with E-state index in [1.54, 1.807) is 32.7 Å². The lowest BCUT2D eigenvalue weighted by Gasteiger charge is -2.15. The molecule has 2 rings (SSSR count). The number of hydrogen-bond donors (Lipinski definition) is 0. The van der Waals surface area contributed by atoms with E-state index in [-0.39, 0.29) is 6.10 Å². The summed E-state index contributed by atoms with van der Waals surface area (Å²) in [5, 5.41) is 0. The van der Waals surface area contributed by atoms with Crippen molar-refractivity contribution in [2.75, 3.05) is 14.2 Å². The fourth-order valence-electron chi connectivity index (χ4n) is 2.55. The lowest BCUT2D eigenvalue weighted by molar-refractivity contribution is 0.135. The van der Waals surface area contributed by atoms with Crippen molar-refractivity contribution in [2.45, 2.75) is 39.7 Å². The van der Waals surface area contributed by atoms with Crippen LogP contribution in [0.5, 0.6) is 11.5 Å². The van der Waals surface area contributed by atoms with Crippen LogP contribution in [0.25, 0.3) is 0 Å². The van der Waals surface area contributed by atoms with Crippen LogP contribution in [0.4, 0.5) is 0 Å². The molecule has 0 amide bonds. The highest BCUT2D eigenvalue weighted by Crippen LogP contribution is 2.36. The molecule has 1 heterocycles. The van der Waals surface area contributed by atoms with Gasteiger partial charge in [0, 0.05) is 24.9 Å². The minimum atomic E-state index is 0.0929. The Morgan fingerprint density at radius 3 is 2.61 bits per heavy atom. The zero-order chi connectivity index (χ0) is 17.2. The molecule has 1 aromatic rings. The lowest BCUT2D eigenvalue weighted by atomic mass is 10.1. The van der Waals surface area contributed by atoms with Gasteiger partial charge in [-0.15, -0.1) is 0 Å². The van der Waals surface area contributed by atoms with Gasteiger partial charge in [0.1, 0.15) is 5.76 Å². The van der Waals surface area contributed by atoms with Gasteiger partial charge in [0.25, 0.3) is 0 Å². The van der Waals surface area contributed by atoms with Gasteiger partial charge in [0.15, 0.2) is 11.5 Å². The molecule has 0 aliphatic heterocycles. The maximum atomic E-state index is 6.03. The highest BCUT2D eigenvalue weighted by atomic mass is 16.5. The summed E-state index contributed by atoms with van der Waals surface area (Å²) in [4.78, 5) is 4.03. The fourth-order valence-corrected chi connectivity index (χ4v) is 2.55. The van der Waals surface area contributed by atoms with E-state index in [2.05, 4.69) is 11.6 Å². The average Bonchev–Trinajstić information content (AvgIpc) is 3.04. The predicted molar refractivity (Wildman–Crippen MR) is 93.8 cm³/mol. The van der Waals surface area contributed by atoms with E-state index in [0.717, 1.165) is 29.7 Å². The summed E-state index contributed by atoms with van der Waals surface area (Å²) in [6, 6.07) is 1.79. The van der Waals surface area contributed by atoms with E-state index in [4.69, 9.17) is 14.2 Å². The zero-order valence-electron chi connectivity index (χ0n) is 14.8. The van der Waals surface area contributed by atoms with Crippen LogP contribution >= 0.6 is 0 Å². The number of rotatable bonds is 6. The number of ether oxygens (including phenoxy) is 3. The second-order valence-electron chi connectivity index (χ2n) is 4.68. The first kappa shape index (κ1) is 19.0. The predicted octanol–water partition coefficient (Wildman–Crippen LogP) is 4.69. The largest absolute Gasteiger partial charge is 0.491 e. The van der Waals surface area contributed by atoms with Crippen molar-refractivity contribution in [3.05, 3.63) is 54.1 Å². The molecule has 0 aromatic carbocycles. The third-order valence-corrected chi connectivity index (χ3v) is 3.60. The second kappa shape index (κ2) is 9.85. The van der Waals surface area contributed by atoms with Crippen LogP contribution in [-0.4, -0.2) is 25.3 Å². The molecular formula is C19H27NO3. The summed E-state index contributed by atoms with van der Waals surface area (Å²) in [6.45, 7) is 9.85. The maximum Gasteiger partial charge on any atom is 0.179 e. The molecule has 126 valence electrons. The second-order valence-corrected chi connectivity index (χ2v) is 4.68. The average molecular weight is 317 g/mol. The summed E-state index contributed by atoms with van der Waals surface area (Å²) in [7, 11) is 3.32. The van der Waals surface area contributed by atoms with Crippen LogP contribution in [0.15, 0.2) is 54.1 Å². The summed E-state index contributed by atoms with van der Waals surface area (Å²) < 4.78 is 16.8. The minimum absolute atomic E-state index is 0.0929. The zero-order valence-corrected chi connectivity index (χ0v) is 14.8. The molecule has 0 bridgehead atoms. The summed E-state index contributed by atoms with van der Waals surface area (Å²) in [5.41, 5.74) is 2.23. The maximum absolute atomic E-state index is 6.03. The lowest BCUT2D eigenvalue weighted by Crippen LogP contribution is -2.08. The first-order valence-corrected chi connectivity index (χ1v) is 7.96. The van der Waals surface area contributed by atoms with Crippen molar-refractivity contribution in [1.29, 1.82) is 0 Å². The summed E-state index contributed by atoms with van der Waals surface area (Å²) in [6.07, 6.45) is 9.08. The number of methoxy groups -OCH3 is 2. The summed E-state index contributed by atoms with van der Waals surface area (Å²) in [5.74, 6) is 2.07. The van der Waals surface area contributed by atoms with Crippen molar-refractivity contribution in [1.82, 2.24) is 4.98 Å². The number of nitrogens with zero attached hydrogens (tertiary/aromatic N) is 1. The van der Waals surface area contributed by atoms with Gasteiger partial charge in [0.05, 0.1) is 19.4 Å². The van der Waals surface area contributed by atoms with E-state index in [9.17, 15) is 0 Å². The normalized spacial score (nSPS) is 17.4. The topological polar surface area (TPSA) is 40.6 Å². The molecule has 4 nitrogen and oxygen atoms in total. The molecule has 0 saturated heterocycles. The Morgan fingerprint density at radius 2 is 2.04 bits per heavy atom. The summed E-state index contributed by atoms with van der Waals surface area (Å²) >= 11 is 0. The quantitative estimate of drug-likeness (QED) is 0.714. The van der Waals surface area contributed by atoms with Gasteiger partial charge in [-0.3, -0.25) is 4.98 Å². The van der Waals surface area contributed by atoms with Crippen LogP contribution in [0.2, 0.25) is 0 Å². The van der Waals surface area contributed by atoms with Crippen LogP contribution < -0.4 is 9.47 Å². The van der Waals surface area contributed by atoms with Crippen LogP contribution in [-0.2, 0) is 4.74 Å². The van der Waals surface area contributed by atoms with Crippen LogP contribution in [0.3, 0.4) is 0 Å². The Kier molecular flexibility index (Phi) is 8.13. The Balaban J connectivity index is 0.00000127. The number of allylic oxidation sites excluding steroid dienone is 2. The third-order valence-electron chi connectivity index (χ3n) is 3.60. The van der Waals surface area contributed by atoms with Gasteiger partial charge >= 0.3 is 0 Å². The van der Waals surface area contributed by atoms with E-state index in [1.165, 1.54) is 0 Å². The molecule has 0 saturated carbocycles. The molecule has 0 fully saturated rings. The number of aromatic nitrogens is 1. The molecule has 1 aliphatic rings. The Morgan fingerprint density at radius 1 is 1.30 bits per heavy atom. The monoisotopic (exact) mass is 317 g/mol. The first-order chi connectivity index (χ1) is 11.2. The van der Waals surface area contributed by atoms with E-state index >= 15 is 0 Å². The molecule has 0 N–H and O–H groups in total. The van der Waals surface area contributed by atoms with Crippen molar-refractivity contribution in [3.8, 4) is 11.5 Å². The SMILES string of the molecule is C=CC1=C(/C(=C\C)Oc2ccncc2OC)CCC1OC.CC. The van der Waals surface area contributed by atoms with Crippen molar-refractivity contribution < 1.29 is 14.2 Å². The Hall–Kier alpha value is -2.07. The minimum Gasteiger partial charge on any atom is -0.491 e. The Bertz CT molecular complexity index is 576. The fraction of sp³-hybridized carbons (Fsp3) is 0.421. The van der Waals surface area contributed by atoms with Gasteiger partial charge in [-0.2, -0.15) is 0 Å². The van der Waals surface area contributed by atoms with E-state index in [1.807, 2.05) is 32.9 Å². The highest BCUT2D eigenvalue weighted by molar-refractivity contribution is 5.46. The van der Waals surface area contributed by atoms with Crippen molar-refractivity contribution in [3.63, 3.8) is 0 Å². The van der Waals surface area contributed by atoms with Crippen molar-refractivity contribution in [2.24, 2.45) is 0 Å². The molecule has 1 aliphatic carbocycles. The van der Waals surface area contributed by atoms with E-state index < -0.39 is 0 Å². The Labute approximate surface area is 139 Å². The van der Waals surface area contributed by atoms with Gasteiger partial charge in [-0.25, -0.2) is 0 Å². The number of hydrogen-bond acceptors (Lipinski definition) is 4. The first-order valence-electron chi connectivity index (χ1n) is 7.96. The standard InChI is InChI=1S/C17H21NO3.C2H6/c1-5-12-13(7-8-15(12)19-3)14(6-2)21-16-9-10-18-11-17(16)20-4;1-2/h5-6,9-11,15H,1,7-8H2,2-4H3;1-2H3/b14-6+;. The molecular weight excluding hydrogens is 290 g/mol. The van der Waals surface area contributed by atoms with Gasteiger partial charge in [-0.1, -0.05) is 26.5 Å². The molecule has 4 heteroatoms. The molecule has 23 heavy (non-hydrogen) atoms.